The third-order valence-electron chi connectivity index (χ3n) is 2.43. The van der Waals surface area contributed by atoms with Crippen LogP contribution in [0, 0.1) is 5.92 Å². The highest BCUT2D eigenvalue weighted by atomic mass is 16.2. The van der Waals surface area contributed by atoms with E-state index in [4.69, 9.17) is 0 Å². The van der Waals surface area contributed by atoms with Crippen molar-refractivity contribution in [3.63, 3.8) is 0 Å². The molecule has 0 N–H and O–H groups in total. The molecule has 0 aromatic rings. The van der Waals surface area contributed by atoms with E-state index in [1.807, 2.05) is 20.8 Å². The van der Waals surface area contributed by atoms with Crippen LogP contribution in [0.1, 0.15) is 40.0 Å². The number of carbonyl (C=O) groups is 2. The van der Waals surface area contributed by atoms with Gasteiger partial charge in [0.2, 0.25) is 11.8 Å². The number of carbonyl (C=O) groups excluding carboxylic acids is 2. The number of hydrogen-bond acceptors (Lipinski definition) is 2. The average molecular weight is 183 g/mol. The lowest BCUT2D eigenvalue weighted by atomic mass is 10.0. The number of likely N-dealkylation sites (tertiary alicyclic amines) is 1. The van der Waals surface area contributed by atoms with Crippen molar-refractivity contribution in [1.82, 2.24) is 4.90 Å². The number of rotatable bonds is 3. The largest absolute Gasteiger partial charge is 0.280 e. The zero-order valence-electron chi connectivity index (χ0n) is 8.54. The lowest BCUT2D eigenvalue weighted by Gasteiger charge is -2.18. The summed E-state index contributed by atoms with van der Waals surface area (Å²) in [5.41, 5.74) is 0. The summed E-state index contributed by atoms with van der Waals surface area (Å²) in [6.07, 6.45) is 2.23. The molecule has 3 nitrogen and oxygen atoms in total. The van der Waals surface area contributed by atoms with Gasteiger partial charge in [-0.1, -0.05) is 13.3 Å². The minimum absolute atomic E-state index is 0.00144. The predicted molar refractivity (Wildman–Crippen MR) is 50.0 cm³/mol. The molecule has 1 fully saturated rings. The van der Waals surface area contributed by atoms with Crippen molar-refractivity contribution >= 4 is 11.8 Å². The van der Waals surface area contributed by atoms with E-state index in [2.05, 4.69) is 0 Å². The molecular weight excluding hydrogens is 166 g/mol. The second-order valence-corrected chi connectivity index (χ2v) is 3.89. The molecule has 0 aliphatic carbocycles. The van der Waals surface area contributed by atoms with Gasteiger partial charge in [-0.2, -0.15) is 0 Å². The van der Waals surface area contributed by atoms with Crippen LogP contribution in [-0.4, -0.2) is 22.8 Å². The monoisotopic (exact) mass is 183 g/mol. The summed E-state index contributed by atoms with van der Waals surface area (Å²) in [5, 5.41) is 0. The van der Waals surface area contributed by atoms with E-state index in [0.29, 0.717) is 6.42 Å². The van der Waals surface area contributed by atoms with Crippen molar-refractivity contribution in [2.45, 2.75) is 46.1 Å². The van der Waals surface area contributed by atoms with Gasteiger partial charge in [-0.3, -0.25) is 14.5 Å². The van der Waals surface area contributed by atoms with Gasteiger partial charge in [-0.05, 0) is 20.3 Å². The Labute approximate surface area is 79.1 Å². The van der Waals surface area contributed by atoms with Crippen molar-refractivity contribution in [3.8, 4) is 0 Å². The Balaban J connectivity index is 2.70. The van der Waals surface area contributed by atoms with Crippen molar-refractivity contribution in [2.24, 2.45) is 5.92 Å². The van der Waals surface area contributed by atoms with E-state index in [1.54, 1.807) is 0 Å². The first-order chi connectivity index (χ1) is 6.07. The molecule has 2 amide bonds. The summed E-state index contributed by atoms with van der Waals surface area (Å²) in [7, 11) is 0. The third-order valence-corrected chi connectivity index (χ3v) is 2.43. The number of imide groups is 1. The Bertz CT molecular complexity index is 223. The highest BCUT2D eigenvalue weighted by Gasteiger charge is 2.38. The number of amides is 2. The maximum atomic E-state index is 11.7. The minimum Gasteiger partial charge on any atom is -0.280 e. The molecule has 0 bridgehead atoms. The third kappa shape index (κ3) is 1.90. The van der Waals surface area contributed by atoms with E-state index in [9.17, 15) is 9.59 Å². The zero-order chi connectivity index (χ0) is 10.0. The highest BCUT2D eigenvalue weighted by Crippen LogP contribution is 2.25. The van der Waals surface area contributed by atoms with Crippen molar-refractivity contribution < 1.29 is 9.59 Å². The average Bonchev–Trinajstić information content (AvgIpc) is 2.28. The standard InChI is InChI=1S/C10H17NO2/c1-4-5-8-6-9(12)11(7(2)3)10(8)13/h7-8H,4-6H2,1-3H3. The summed E-state index contributed by atoms with van der Waals surface area (Å²) in [4.78, 5) is 24.5. The lowest BCUT2D eigenvalue weighted by molar-refractivity contribution is -0.141. The Morgan fingerprint density at radius 1 is 1.46 bits per heavy atom. The van der Waals surface area contributed by atoms with Gasteiger partial charge in [0.05, 0.1) is 0 Å². The molecular formula is C10H17NO2. The van der Waals surface area contributed by atoms with Crippen LogP contribution in [0.15, 0.2) is 0 Å². The first-order valence-electron chi connectivity index (χ1n) is 4.93. The van der Waals surface area contributed by atoms with Crippen LogP contribution in [0.2, 0.25) is 0 Å². The van der Waals surface area contributed by atoms with Crippen LogP contribution in [-0.2, 0) is 9.59 Å². The summed E-state index contributed by atoms with van der Waals surface area (Å²) < 4.78 is 0. The van der Waals surface area contributed by atoms with Gasteiger partial charge < -0.3 is 0 Å². The molecule has 0 spiro atoms. The second-order valence-electron chi connectivity index (χ2n) is 3.89. The molecule has 1 saturated heterocycles. The summed E-state index contributed by atoms with van der Waals surface area (Å²) in [5.74, 6) is -0.0137. The molecule has 1 atom stereocenters. The van der Waals surface area contributed by atoms with Gasteiger partial charge in [-0.25, -0.2) is 0 Å². The molecule has 3 heteroatoms. The minimum atomic E-state index is -0.0418. The van der Waals surface area contributed by atoms with E-state index < -0.39 is 0 Å². The van der Waals surface area contributed by atoms with Crippen LogP contribution < -0.4 is 0 Å². The first kappa shape index (κ1) is 10.2. The van der Waals surface area contributed by atoms with E-state index in [0.717, 1.165) is 12.8 Å². The fourth-order valence-electron chi connectivity index (χ4n) is 1.83. The summed E-state index contributed by atoms with van der Waals surface area (Å²) in [6, 6.07) is 0.0156. The smallest absolute Gasteiger partial charge is 0.233 e. The van der Waals surface area contributed by atoms with Crippen LogP contribution in [0.3, 0.4) is 0 Å². The van der Waals surface area contributed by atoms with E-state index in [-0.39, 0.29) is 23.8 Å². The molecule has 0 aromatic carbocycles. The van der Waals surface area contributed by atoms with Gasteiger partial charge in [0.1, 0.15) is 0 Å². The first-order valence-corrected chi connectivity index (χ1v) is 4.93. The highest BCUT2D eigenvalue weighted by molar-refractivity contribution is 6.03. The Hall–Kier alpha value is -0.860. The molecule has 74 valence electrons. The normalized spacial score (nSPS) is 23.4. The molecule has 1 rings (SSSR count). The SMILES string of the molecule is CCCC1CC(=O)N(C(C)C)C1=O. The molecule has 1 heterocycles. The second kappa shape index (κ2) is 3.90. The molecule has 13 heavy (non-hydrogen) atoms. The molecule has 0 radical (unpaired) electrons. The Morgan fingerprint density at radius 2 is 2.08 bits per heavy atom. The van der Waals surface area contributed by atoms with Gasteiger partial charge in [0.25, 0.3) is 0 Å². The molecule has 1 aliphatic rings. The van der Waals surface area contributed by atoms with Gasteiger partial charge >= 0.3 is 0 Å². The van der Waals surface area contributed by atoms with Crippen LogP contribution in [0.5, 0.6) is 0 Å². The fourth-order valence-corrected chi connectivity index (χ4v) is 1.83. The maximum Gasteiger partial charge on any atom is 0.233 e. The molecule has 1 unspecified atom stereocenters. The summed E-state index contributed by atoms with van der Waals surface area (Å²) >= 11 is 0. The van der Waals surface area contributed by atoms with Gasteiger partial charge in [-0.15, -0.1) is 0 Å². The van der Waals surface area contributed by atoms with Gasteiger partial charge in [0, 0.05) is 18.4 Å². The van der Waals surface area contributed by atoms with Crippen LogP contribution in [0.4, 0.5) is 0 Å². The predicted octanol–water partition coefficient (Wildman–Crippen LogP) is 1.57. The Kier molecular flexibility index (Phi) is 3.07. The topological polar surface area (TPSA) is 37.4 Å². The van der Waals surface area contributed by atoms with Crippen molar-refractivity contribution in [2.75, 3.05) is 0 Å². The maximum absolute atomic E-state index is 11.7. The van der Waals surface area contributed by atoms with Crippen molar-refractivity contribution in [1.29, 1.82) is 0 Å². The Morgan fingerprint density at radius 3 is 2.46 bits per heavy atom. The lowest BCUT2D eigenvalue weighted by Crippen LogP contribution is -2.36. The van der Waals surface area contributed by atoms with E-state index in [1.165, 1.54) is 4.90 Å². The molecule has 1 aliphatic heterocycles. The summed E-state index contributed by atoms with van der Waals surface area (Å²) in [6.45, 7) is 5.80. The van der Waals surface area contributed by atoms with E-state index >= 15 is 0 Å². The molecule has 0 aromatic heterocycles. The van der Waals surface area contributed by atoms with Gasteiger partial charge in [0.15, 0.2) is 0 Å². The van der Waals surface area contributed by atoms with Crippen molar-refractivity contribution in [3.05, 3.63) is 0 Å². The van der Waals surface area contributed by atoms with Crippen LogP contribution in [0.25, 0.3) is 0 Å². The fraction of sp³-hybridized carbons (Fsp3) is 0.800. The number of nitrogens with zero attached hydrogens (tertiary/aromatic N) is 1. The zero-order valence-corrected chi connectivity index (χ0v) is 8.54. The van der Waals surface area contributed by atoms with Crippen LogP contribution >= 0.6 is 0 Å². The quantitative estimate of drug-likeness (QED) is 0.623. The number of hydrogen-bond donors (Lipinski definition) is 0. The molecule has 0 saturated carbocycles.